The van der Waals surface area contributed by atoms with Crippen molar-refractivity contribution in [2.24, 2.45) is 5.73 Å². The van der Waals surface area contributed by atoms with Gasteiger partial charge in [-0.25, -0.2) is 0 Å². The standard InChI is InChI=1S/C12H19N3O.2ClH/c1-8-5-6-10(9(2)14-8)11(16)15-12(3,4)7-13;;/h5-6H,7,13H2,1-4H3,(H,15,16);2*1H. The summed E-state index contributed by atoms with van der Waals surface area (Å²) in [6.07, 6.45) is 0. The van der Waals surface area contributed by atoms with Crippen LogP contribution in [0.5, 0.6) is 0 Å². The van der Waals surface area contributed by atoms with Gasteiger partial charge in [-0.2, -0.15) is 0 Å². The minimum atomic E-state index is -0.394. The molecule has 0 saturated heterocycles. The Hall–Kier alpha value is -0.840. The maximum absolute atomic E-state index is 11.9. The lowest BCUT2D eigenvalue weighted by Gasteiger charge is -2.24. The molecule has 0 bridgehead atoms. The number of rotatable bonds is 3. The van der Waals surface area contributed by atoms with Crippen molar-refractivity contribution in [3.8, 4) is 0 Å². The average molecular weight is 294 g/mol. The van der Waals surface area contributed by atoms with Crippen molar-refractivity contribution in [1.29, 1.82) is 0 Å². The van der Waals surface area contributed by atoms with E-state index in [9.17, 15) is 4.79 Å². The van der Waals surface area contributed by atoms with E-state index in [1.54, 1.807) is 6.07 Å². The molecule has 3 N–H and O–H groups in total. The molecule has 0 radical (unpaired) electrons. The lowest BCUT2D eigenvalue weighted by atomic mass is 10.0. The molecule has 0 aliphatic carbocycles. The van der Waals surface area contributed by atoms with Crippen LogP contribution in [0, 0.1) is 13.8 Å². The molecule has 4 nitrogen and oxygen atoms in total. The molecule has 1 aromatic rings. The molecule has 1 aromatic heterocycles. The molecule has 0 fully saturated rings. The van der Waals surface area contributed by atoms with E-state index in [0.717, 1.165) is 11.4 Å². The van der Waals surface area contributed by atoms with Gasteiger partial charge in [-0.1, -0.05) is 0 Å². The molecular formula is C12H21Cl2N3O. The first-order chi connectivity index (χ1) is 7.35. The summed E-state index contributed by atoms with van der Waals surface area (Å²) in [6.45, 7) is 7.91. The number of carbonyl (C=O) groups is 1. The number of halogens is 2. The quantitative estimate of drug-likeness (QED) is 0.896. The van der Waals surface area contributed by atoms with Gasteiger partial charge in [0.15, 0.2) is 0 Å². The summed E-state index contributed by atoms with van der Waals surface area (Å²) < 4.78 is 0. The lowest BCUT2D eigenvalue weighted by Crippen LogP contribution is -2.49. The van der Waals surface area contributed by atoms with Crippen molar-refractivity contribution in [1.82, 2.24) is 10.3 Å². The first-order valence-electron chi connectivity index (χ1n) is 5.32. The highest BCUT2D eigenvalue weighted by molar-refractivity contribution is 5.95. The Labute approximate surface area is 121 Å². The number of nitrogens with two attached hydrogens (primary N) is 1. The van der Waals surface area contributed by atoms with Gasteiger partial charge in [0.05, 0.1) is 11.3 Å². The van der Waals surface area contributed by atoms with Gasteiger partial charge in [-0.3, -0.25) is 9.78 Å². The number of aryl methyl sites for hydroxylation is 2. The van der Waals surface area contributed by atoms with Crippen molar-refractivity contribution in [3.05, 3.63) is 29.1 Å². The zero-order valence-electron chi connectivity index (χ0n) is 11.1. The molecule has 0 aliphatic rings. The van der Waals surface area contributed by atoms with Crippen molar-refractivity contribution in [2.45, 2.75) is 33.2 Å². The highest BCUT2D eigenvalue weighted by Crippen LogP contribution is 2.08. The normalized spacial score (nSPS) is 10.1. The fourth-order valence-corrected chi connectivity index (χ4v) is 1.35. The highest BCUT2D eigenvalue weighted by Gasteiger charge is 2.20. The van der Waals surface area contributed by atoms with Gasteiger partial charge in [0.1, 0.15) is 0 Å². The minimum absolute atomic E-state index is 0. The number of carbonyl (C=O) groups excluding carboxylic acids is 1. The van der Waals surface area contributed by atoms with Crippen LogP contribution in [-0.4, -0.2) is 23.0 Å². The SMILES string of the molecule is Cc1ccc(C(=O)NC(C)(C)CN)c(C)n1.Cl.Cl. The minimum Gasteiger partial charge on any atom is -0.346 e. The molecule has 0 aromatic carbocycles. The molecule has 0 unspecified atom stereocenters. The first-order valence-corrected chi connectivity index (χ1v) is 5.32. The van der Waals surface area contributed by atoms with Gasteiger partial charge < -0.3 is 11.1 Å². The topological polar surface area (TPSA) is 68.0 Å². The number of hydrogen-bond donors (Lipinski definition) is 2. The molecule has 1 rings (SSSR count). The van der Waals surface area contributed by atoms with Crippen molar-refractivity contribution in [2.75, 3.05) is 6.54 Å². The molecule has 18 heavy (non-hydrogen) atoms. The van der Waals surface area contributed by atoms with Crippen molar-refractivity contribution in [3.63, 3.8) is 0 Å². The Bertz CT molecular complexity index is 408. The Morgan fingerprint density at radius 2 is 1.89 bits per heavy atom. The zero-order valence-corrected chi connectivity index (χ0v) is 12.7. The van der Waals surface area contributed by atoms with Crippen LogP contribution in [-0.2, 0) is 0 Å². The van der Waals surface area contributed by atoms with Gasteiger partial charge in [-0.05, 0) is 39.8 Å². The third-order valence-corrected chi connectivity index (χ3v) is 2.43. The summed E-state index contributed by atoms with van der Waals surface area (Å²) in [6, 6.07) is 3.62. The van der Waals surface area contributed by atoms with Crippen LogP contribution in [0.4, 0.5) is 0 Å². The predicted molar refractivity (Wildman–Crippen MR) is 78.8 cm³/mol. The van der Waals surface area contributed by atoms with E-state index in [2.05, 4.69) is 10.3 Å². The van der Waals surface area contributed by atoms with Gasteiger partial charge >= 0.3 is 0 Å². The predicted octanol–water partition coefficient (Wildman–Crippen LogP) is 2.01. The summed E-state index contributed by atoms with van der Waals surface area (Å²) in [5, 5.41) is 2.88. The average Bonchev–Trinajstić information content (AvgIpc) is 2.16. The summed E-state index contributed by atoms with van der Waals surface area (Å²) >= 11 is 0. The number of amides is 1. The first kappa shape index (κ1) is 19.5. The fraction of sp³-hybridized carbons (Fsp3) is 0.500. The van der Waals surface area contributed by atoms with Crippen LogP contribution in [0.1, 0.15) is 35.6 Å². The molecule has 104 valence electrons. The third kappa shape index (κ3) is 5.21. The monoisotopic (exact) mass is 293 g/mol. The summed E-state index contributed by atoms with van der Waals surface area (Å²) in [5.41, 5.74) is 7.42. The fourth-order valence-electron chi connectivity index (χ4n) is 1.35. The molecule has 0 atom stereocenters. The van der Waals surface area contributed by atoms with E-state index in [0.29, 0.717) is 12.1 Å². The Morgan fingerprint density at radius 3 is 2.33 bits per heavy atom. The van der Waals surface area contributed by atoms with Gasteiger partial charge in [0.2, 0.25) is 0 Å². The van der Waals surface area contributed by atoms with E-state index in [-0.39, 0.29) is 30.7 Å². The van der Waals surface area contributed by atoms with Crippen LogP contribution < -0.4 is 11.1 Å². The maximum Gasteiger partial charge on any atom is 0.253 e. The van der Waals surface area contributed by atoms with Crippen molar-refractivity contribution >= 4 is 30.7 Å². The van der Waals surface area contributed by atoms with E-state index in [4.69, 9.17) is 5.73 Å². The second-order valence-electron chi connectivity index (χ2n) is 4.63. The summed E-state index contributed by atoms with van der Waals surface area (Å²) in [4.78, 5) is 16.2. The van der Waals surface area contributed by atoms with Gasteiger partial charge in [0, 0.05) is 17.8 Å². The molecule has 6 heteroatoms. The molecule has 0 aliphatic heterocycles. The summed E-state index contributed by atoms with van der Waals surface area (Å²) in [5.74, 6) is -0.125. The Balaban J connectivity index is 0. The number of nitrogens with zero attached hydrogens (tertiary/aromatic N) is 1. The van der Waals surface area contributed by atoms with Crippen molar-refractivity contribution < 1.29 is 4.79 Å². The lowest BCUT2D eigenvalue weighted by molar-refractivity contribution is 0.0914. The van der Waals surface area contributed by atoms with Gasteiger partial charge in [0.25, 0.3) is 5.91 Å². The molecule has 1 heterocycles. The smallest absolute Gasteiger partial charge is 0.253 e. The van der Waals surface area contributed by atoms with E-state index in [1.165, 1.54) is 0 Å². The maximum atomic E-state index is 11.9. The highest BCUT2D eigenvalue weighted by atomic mass is 35.5. The van der Waals surface area contributed by atoms with Crippen LogP contribution in [0.2, 0.25) is 0 Å². The Kier molecular flexibility index (Phi) is 8.19. The Morgan fingerprint density at radius 1 is 1.33 bits per heavy atom. The van der Waals surface area contributed by atoms with Crippen LogP contribution >= 0.6 is 24.8 Å². The van der Waals surface area contributed by atoms with Crippen LogP contribution in [0.15, 0.2) is 12.1 Å². The summed E-state index contributed by atoms with van der Waals surface area (Å²) in [7, 11) is 0. The number of aromatic nitrogens is 1. The van der Waals surface area contributed by atoms with Gasteiger partial charge in [-0.15, -0.1) is 24.8 Å². The van der Waals surface area contributed by atoms with E-state index < -0.39 is 5.54 Å². The second kappa shape index (κ2) is 7.56. The second-order valence-corrected chi connectivity index (χ2v) is 4.63. The molecule has 1 amide bonds. The number of hydrogen-bond acceptors (Lipinski definition) is 3. The van der Waals surface area contributed by atoms with E-state index in [1.807, 2.05) is 33.8 Å². The largest absolute Gasteiger partial charge is 0.346 e. The van der Waals surface area contributed by atoms with Crippen LogP contribution in [0.3, 0.4) is 0 Å². The zero-order chi connectivity index (χ0) is 12.3. The molecular weight excluding hydrogens is 273 g/mol. The molecule has 0 saturated carbocycles. The number of nitrogens with one attached hydrogen (secondary N) is 1. The van der Waals surface area contributed by atoms with E-state index >= 15 is 0 Å². The third-order valence-electron chi connectivity index (χ3n) is 2.43. The molecule has 0 spiro atoms. The van der Waals surface area contributed by atoms with Crippen LogP contribution in [0.25, 0.3) is 0 Å². The number of pyridine rings is 1.